The minimum Gasteiger partial charge on any atom is -0.457 e. The first-order chi connectivity index (χ1) is 13.5. The van der Waals surface area contributed by atoms with Crippen molar-refractivity contribution in [2.75, 3.05) is 0 Å². The summed E-state index contributed by atoms with van der Waals surface area (Å²) in [6.45, 7) is 2.05. The molecule has 0 saturated carbocycles. The summed E-state index contributed by atoms with van der Waals surface area (Å²) in [6.07, 6.45) is 3.20. The normalized spacial score (nSPS) is 17.8. The second-order valence-electron chi connectivity index (χ2n) is 6.09. The zero-order valence-electron chi connectivity index (χ0n) is 14.7. The molecule has 0 aliphatic carbocycles. The molecule has 0 bridgehead atoms. The summed E-state index contributed by atoms with van der Waals surface area (Å²) < 4.78 is 5.80. The van der Waals surface area contributed by atoms with Crippen molar-refractivity contribution >= 4 is 63.0 Å². The molecule has 28 heavy (non-hydrogen) atoms. The van der Waals surface area contributed by atoms with Crippen LogP contribution in [0.3, 0.4) is 0 Å². The number of aliphatic imine (C=N–C) groups is 1. The number of thioether (sulfide) groups is 1. The van der Waals surface area contributed by atoms with E-state index in [1.165, 1.54) is 22.8 Å². The van der Waals surface area contributed by atoms with E-state index in [2.05, 4.69) is 10.1 Å². The van der Waals surface area contributed by atoms with Crippen molar-refractivity contribution < 1.29 is 9.21 Å². The van der Waals surface area contributed by atoms with Crippen molar-refractivity contribution in [3.05, 3.63) is 51.7 Å². The summed E-state index contributed by atoms with van der Waals surface area (Å²) in [7, 11) is 0. The van der Waals surface area contributed by atoms with Crippen molar-refractivity contribution in [2.45, 2.75) is 19.8 Å². The number of fused-ring (bicyclic) bond motifs is 1. The molecule has 0 radical (unpaired) electrons. The molecular formula is C19H14Cl2N4O2S. The molecule has 2 aliphatic rings. The van der Waals surface area contributed by atoms with Gasteiger partial charge in [-0.15, -0.1) is 0 Å². The fourth-order valence-corrected chi connectivity index (χ4v) is 4.12. The first kappa shape index (κ1) is 19.0. The number of carbonyl (C=O) groups excluding carboxylic acids is 1. The maximum atomic E-state index is 12.4. The summed E-state index contributed by atoms with van der Waals surface area (Å²) in [5, 5.41) is 16.4. The second kappa shape index (κ2) is 7.58. The van der Waals surface area contributed by atoms with Crippen LogP contribution in [0.5, 0.6) is 0 Å². The van der Waals surface area contributed by atoms with E-state index in [0.717, 1.165) is 17.9 Å². The molecule has 0 saturated heterocycles. The van der Waals surface area contributed by atoms with E-state index in [0.29, 0.717) is 32.3 Å². The zero-order chi connectivity index (χ0) is 19.8. The van der Waals surface area contributed by atoms with Gasteiger partial charge in [0.05, 0.1) is 10.6 Å². The van der Waals surface area contributed by atoms with Crippen LogP contribution in [0.2, 0.25) is 10.0 Å². The number of benzene rings is 1. The largest absolute Gasteiger partial charge is 0.457 e. The van der Waals surface area contributed by atoms with E-state index < -0.39 is 5.91 Å². The molecule has 2 aliphatic heterocycles. The molecule has 0 fully saturated rings. The number of hydrogen-bond acceptors (Lipinski definition) is 5. The highest BCUT2D eigenvalue weighted by molar-refractivity contribution is 8.26. The van der Waals surface area contributed by atoms with E-state index in [1.54, 1.807) is 30.3 Å². The van der Waals surface area contributed by atoms with Crippen LogP contribution >= 0.6 is 35.0 Å². The van der Waals surface area contributed by atoms with Gasteiger partial charge in [-0.3, -0.25) is 10.2 Å². The summed E-state index contributed by atoms with van der Waals surface area (Å²) in [5.74, 6) is 0.406. The maximum Gasteiger partial charge on any atom is 0.283 e. The molecule has 1 aromatic heterocycles. The molecule has 3 heterocycles. The van der Waals surface area contributed by atoms with Crippen LogP contribution in [0, 0.1) is 5.41 Å². The van der Waals surface area contributed by atoms with Gasteiger partial charge in [-0.2, -0.15) is 15.1 Å². The van der Waals surface area contributed by atoms with Gasteiger partial charge in [0.15, 0.2) is 5.84 Å². The van der Waals surface area contributed by atoms with Crippen molar-refractivity contribution in [1.29, 1.82) is 5.41 Å². The molecule has 1 aromatic carbocycles. The molecular weight excluding hydrogens is 419 g/mol. The Hall–Kier alpha value is -2.35. The van der Waals surface area contributed by atoms with Gasteiger partial charge in [0.25, 0.3) is 5.91 Å². The number of hydrogen-bond donors (Lipinski definition) is 1. The first-order valence-electron chi connectivity index (χ1n) is 8.50. The number of nitrogens with zero attached hydrogens (tertiary/aromatic N) is 3. The van der Waals surface area contributed by atoms with Crippen molar-refractivity contribution in [3.8, 4) is 11.3 Å². The highest BCUT2D eigenvalue weighted by atomic mass is 35.5. The highest BCUT2D eigenvalue weighted by Crippen LogP contribution is 2.33. The number of furan rings is 1. The fraction of sp³-hybridized carbons (Fsp3) is 0.158. The van der Waals surface area contributed by atoms with Gasteiger partial charge in [-0.1, -0.05) is 30.1 Å². The van der Waals surface area contributed by atoms with E-state index in [9.17, 15) is 4.79 Å². The molecule has 2 aromatic rings. The number of rotatable bonds is 4. The quantitative estimate of drug-likeness (QED) is 0.630. The van der Waals surface area contributed by atoms with Crippen LogP contribution in [-0.2, 0) is 4.79 Å². The SMILES string of the molecule is CCCC1=NN2C(=N)/C(=C/c3ccc(-c4cc(Cl)ccc4Cl)o3)C(=O)N=C2S1. The minimum atomic E-state index is -0.490. The lowest BCUT2D eigenvalue weighted by atomic mass is 10.1. The third-order valence-electron chi connectivity index (χ3n) is 4.07. The fourth-order valence-electron chi connectivity index (χ4n) is 2.75. The molecule has 0 spiro atoms. The summed E-state index contributed by atoms with van der Waals surface area (Å²) in [6, 6.07) is 8.52. The van der Waals surface area contributed by atoms with Crippen molar-refractivity contribution in [1.82, 2.24) is 5.01 Å². The van der Waals surface area contributed by atoms with Gasteiger partial charge in [0, 0.05) is 10.6 Å². The monoisotopic (exact) mass is 432 g/mol. The van der Waals surface area contributed by atoms with Crippen LogP contribution in [0.25, 0.3) is 17.4 Å². The van der Waals surface area contributed by atoms with E-state index >= 15 is 0 Å². The van der Waals surface area contributed by atoms with E-state index in [1.807, 2.05) is 6.92 Å². The predicted octanol–water partition coefficient (Wildman–Crippen LogP) is 5.67. The standard InChI is InChI=1S/C19H14Cl2N4O2S/c1-2-3-16-24-25-17(22)13(18(26)23-19(25)28-16)9-11-5-7-15(27-11)12-8-10(20)4-6-14(12)21/h4-9,22H,2-3H2,1H3/b13-9-,22-17?. The highest BCUT2D eigenvalue weighted by Gasteiger charge is 2.35. The summed E-state index contributed by atoms with van der Waals surface area (Å²) in [5.41, 5.74) is 0.762. The molecule has 1 N–H and O–H groups in total. The van der Waals surface area contributed by atoms with Gasteiger partial charge < -0.3 is 4.42 Å². The van der Waals surface area contributed by atoms with E-state index in [4.69, 9.17) is 33.0 Å². The zero-order valence-corrected chi connectivity index (χ0v) is 17.0. The van der Waals surface area contributed by atoms with Crippen molar-refractivity contribution in [2.24, 2.45) is 10.1 Å². The lowest BCUT2D eigenvalue weighted by molar-refractivity contribution is -0.114. The van der Waals surface area contributed by atoms with Gasteiger partial charge in [0.1, 0.15) is 16.6 Å². The van der Waals surface area contributed by atoms with Crippen molar-refractivity contribution in [3.63, 3.8) is 0 Å². The smallest absolute Gasteiger partial charge is 0.283 e. The van der Waals surface area contributed by atoms with Crippen LogP contribution in [-0.4, -0.2) is 27.0 Å². The number of halogens is 2. The molecule has 6 nitrogen and oxygen atoms in total. The first-order valence-corrected chi connectivity index (χ1v) is 10.1. The number of carbonyl (C=O) groups is 1. The lowest BCUT2D eigenvalue weighted by Gasteiger charge is -2.19. The molecule has 1 amide bonds. The molecule has 9 heteroatoms. The number of nitrogens with one attached hydrogen (secondary N) is 1. The predicted molar refractivity (Wildman–Crippen MR) is 114 cm³/mol. The Morgan fingerprint density at radius 2 is 2.11 bits per heavy atom. The van der Waals surface area contributed by atoms with Gasteiger partial charge >= 0.3 is 0 Å². The lowest BCUT2D eigenvalue weighted by Crippen LogP contribution is -2.35. The Kier molecular flexibility index (Phi) is 5.14. The van der Waals surface area contributed by atoms with Gasteiger partial charge in [-0.25, -0.2) is 0 Å². The number of amides is 1. The maximum absolute atomic E-state index is 12.4. The van der Waals surface area contributed by atoms with Crippen LogP contribution in [0.15, 0.2) is 50.4 Å². The topological polar surface area (TPSA) is 82.0 Å². The summed E-state index contributed by atoms with van der Waals surface area (Å²) in [4.78, 5) is 16.5. The Labute approximate surface area is 175 Å². The van der Waals surface area contributed by atoms with Crippen LogP contribution in [0.1, 0.15) is 25.5 Å². The molecule has 142 valence electrons. The Bertz CT molecular complexity index is 1090. The van der Waals surface area contributed by atoms with Gasteiger partial charge in [0.2, 0.25) is 5.17 Å². The number of amidine groups is 2. The Morgan fingerprint density at radius 3 is 2.89 bits per heavy atom. The Balaban J connectivity index is 1.65. The average molecular weight is 433 g/mol. The average Bonchev–Trinajstić information content (AvgIpc) is 3.28. The van der Waals surface area contributed by atoms with E-state index in [-0.39, 0.29) is 11.4 Å². The van der Waals surface area contributed by atoms with Crippen LogP contribution < -0.4 is 0 Å². The molecule has 0 atom stereocenters. The number of hydrazone groups is 1. The van der Waals surface area contributed by atoms with Gasteiger partial charge in [-0.05, 0) is 61.0 Å². The second-order valence-corrected chi connectivity index (χ2v) is 7.97. The Morgan fingerprint density at radius 1 is 1.29 bits per heavy atom. The minimum absolute atomic E-state index is 0.0210. The van der Waals surface area contributed by atoms with Crippen LogP contribution in [0.4, 0.5) is 0 Å². The third-order valence-corrected chi connectivity index (χ3v) is 5.60. The summed E-state index contributed by atoms with van der Waals surface area (Å²) >= 11 is 13.6. The third kappa shape index (κ3) is 3.53. The molecule has 4 rings (SSSR count). The molecule has 0 unspecified atom stereocenters.